The van der Waals surface area contributed by atoms with E-state index in [0.29, 0.717) is 11.6 Å². The highest BCUT2D eigenvalue weighted by Gasteiger charge is 2.22. The summed E-state index contributed by atoms with van der Waals surface area (Å²) in [7, 11) is 0. The van der Waals surface area contributed by atoms with Crippen LogP contribution in [0.4, 0.5) is 0 Å². The van der Waals surface area contributed by atoms with Crippen molar-refractivity contribution in [3.05, 3.63) is 46.5 Å². The Morgan fingerprint density at radius 1 is 1.42 bits per heavy atom. The molecule has 3 rings (SSSR count). The topological polar surface area (TPSA) is 56.2 Å². The highest BCUT2D eigenvalue weighted by atomic mass is 35.5. The predicted octanol–water partition coefficient (Wildman–Crippen LogP) is 3.47. The van der Waals surface area contributed by atoms with Crippen LogP contribution in [0.5, 0.6) is 5.75 Å². The van der Waals surface area contributed by atoms with Crippen molar-refractivity contribution in [1.29, 1.82) is 0 Å². The van der Waals surface area contributed by atoms with Crippen LogP contribution in [0, 0.1) is 0 Å². The maximum Gasteiger partial charge on any atom is 0.240 e. The lowest BCUT2D eigenvalue weighted by atomic mass is 10.0. The number of hydrogen-bond acceptors (Lipinski definition) is 3. The van der Waals surface area contributed by atoms with Crippen molar-refractivity contribution in [3.63, 3.8) is 0 Å². The summed E-state index contributed by atoms with van der Waals surface area (Å²) in [5.74, 6) is 1.98. The average molecular weight is 348 g/mol. The van der Waals surface area contributed by atoms with E-state index in [9.17, 15) is 4.79 Å². The summed E-state index contributed by atoms with van der Waals surface area (Å²) < 4.78 is 7.60. The minimum Gasteiger partial charge on any atom is -0.493 e. The number of aromatic nitrogens is 2. The number of carbonyl (C=O) groups excluding carboxylic acids is 1. The zero-order valence-electron chi connectivity index (χ0n) is 14.2. The minimum absolute atomic E-state index is 0.0610. The third-order valence-corrected chi connectivity index (χ3v) is 4.42. The number of nitrogens with one attached hydrogen (secondary N) is 1. The summed E-state index contributed by atoms with van der Waals surface area (Å²) in [5, 5.41) is 3.70. The molecule has 2 heterocycles. The molecule has 128 valence electrons. The molecule has 1 N–H and O–H groups in total. The van der Waals surface area contributed by atoms with E-state index in [4.69, 9.17) is 16.3 Å². The van der Waals surface area contributed by atoms with Crippen LogP contribution in [-0.2, 0) is 17.8 Å². The first-order valence-electron chi connectivity index (χ1n) is 8.21. The molecule has 1 aromatic heterocycles. The number of ether oxygens (including phenoxy) is 1. The first-order chi connectivity index (χ1) is 11.5. The van der Waals surface area contributed by atoms with E-state index >= 15 is 0 Å². The molecule has 1 unspecified atom stereocenters. The quantitative estimate of drug-likeness (QED) is 0.901. The normalized spacial score (nSPS) is 14.4. The molecule has 0 aliphatic carbocycles. The van der Waals surface area contributed by atoms with Crippen LogP contribution in [0.2, 0.25) is 5.02 Å². The van der Waals surface area contributed by atoms with Gasteiger partial charge in [-0.05, 0) is 24.6 Å². The van der Waals surface area contributed by atoms with Gasteiger partial charge in [0.25, 0.3) is 0 Å². The summed E-state index contributed by atoms with van der Waals surface area (Å²) >= 11 is 6.20. The molecule has 6 heteroatoms. The molecular formula is C18H22ClN3O2. The molecule has 1 aromatic carbocycles. The van der Waals surface area contributed by atoms with Gasteiger partial charge < -0.3 is 14.6 Å². The van der Waals surface area contributed by atoms with Gasteiger partial charge in [0.2, 0.25) is 5.91 Å². The number of hydrogen-bond donors (Lipinski definition) is 1. The molecule has 5 nitrogen and oxygen atoms in total. The van der Waals surface area contributed by atoms with Gasteiger partial charge in [-0.1, -0.05) is 25.4 Å². The van der Waals surface area contributed by atoms with E-state index in [1.807, 2.05) is 29.8 Å². The molecule has 1 aliphatic heterocycles. The molecule has 0 radical (unpaired) electrons. The molecule has 1 amide bonds. The Balaban J connectivity index is 1.72. The van der Waals surface area contributed by atoms with Gasteiger partial charge >= 0.3 is 0 Å². The second kappa shape index (κ2) is 6.85. The summed E-state index contributed by atoms with van der Waals surface area (Å²) in [4.78, 5) is 16.7. The third kappa shape index (κ3) is 3.41. The largest absolute Gasteiger partial charge is 0.493 e. The highest BCUT2D eigenvalue weighted by molar-refractivity contribution is 6.30. The zero-order valence-corrected chi connectivity index (χ0v) is 14.9. The van der Waals surface area contributed by atoms with Gasteiger partial charge in [0, 0.05) is 35.3 Å². The van der Waals surface area contributed by atoms with Crippen molar-refractivity contribution >= 4 is 17.5 Å². The van der Waals surface area contributed by atoms with Crippen LogP contribution in [0.1, 0.15) is 49.7 Å². The number of rotatable bonds is 5. The Kier molecular flexibility index (Phi) is 4.81. The summed E-state index contributed by atoms with van der Waals surface area (Å²) in [6.45, 7) is 6.98. The number of amides is 1. The Morgan fingerprint density at radius 2 is 2.21 bits per heavy atom. The average Bonchev–Trinajstić information content (AvgIpc) is 3.14. The van der Waals surface area contributed by atoms with Gasteiger partial charge in [0.05, 0.1) is 12.6 Å². The molecule has 0 fully saturated rings. The van der Waals surface area contributed by atoms with Gasteiger partial charge in [-0.3, -0.25) is 4.79 Å². The van der Waals surface area contributed by atoms with Crippen molar-refractivity contribution in [2.24, 2.45) is 0 Å². The molecule has 24 heavy (non-hydrogen) atoms. The number of carbonyl (C=O) groups is 1. The number of nitrogens with zero attached hydrogens (tertiary/aromatic N) is 2. The van der Waals surface area contributed by atoms with Crippen molar-refractivity contribution in [3.8, 4) is 5.75 Å². The molecule has 0 saturated heterocycles. The number of benzene rings is 1. The lowest BCUT2D eigenvalue weighted by Gasteiger charge is -2.18. The summed E-state index contributed by atoms with van der Waals surface area (Å²) in [6, 6.07) is 3.63. The van der Waals surface area contributed by atoms with Crippen LogP contribution in [-0.4, -0.2) is 22.1 Å². The van der Waals surface area contributed by atoms with Crippen LogP contribution in [0.3, 0.4) is 0 Å². The number of fused-ring (bicyclic) bond motifs is 1. The Hall–Kier alpha value is -2.01. The zero-order chi connectivity index (χ0) is 17.3. The Bertz CT molecular complexity index is 755. The highest BCUT2D eigenvalue weighted by Crippen LogP contribution is 2.36. The fourth-order valence-corrected chi connectivity index (χ4v) is 3.34. The maximum absolute atomic E-state index is 12.4. The number of imidazole rings is 1. The van der Waals surface area contributed by atoms with E-state index in [2.05, 4.69) is 24.1 Å². The van der Waals surface area contributed by atoms with Gasteiger partial charge in [-0.25, -0.2) is 4.98 Å². The van der Waals surface area contributed by atoms with E-state index in [1.165, 1.54) is 0 Å². The second-order valence-corrected chi connectivity index (χ2v) is 6.88. The monoisotopic (exact) mass is 347 g/mol. The summed E-state index contributed by atoms with van der Waals surface area (Å²) in [5.41, 5.74) is 2.04. The molecule has 1 aliphatic rings. The van der Waals surface area contributed by atoms with Crippen LogP contribution >= 0.6 is 11.6 Å². The maximum atomic E-state index is 12.4. The second-order valence-electron chi connectivity index (χ2n) is 6.44. The first-order valence-corrected chi connectivity index (χ1v) is 8.59. The lowest BCUT2D eigenvalue weighted by Crippen LogP contribution is -2.30. The van der Waals surface area contributed by atoms with Gasteiger partial charge in [0.1, 0.15) is 18.1 Å². The van der Waals surface area contributed by atoms with Gasteiger partial charge in [0.15, 0.2) is 0 Å². The molecule has 0 spiro atoms. The minimum atomic E-state index is -0.172. The van der Waals surface area contributed by atoms with E-state index in [1.54, 1.807) is 6.20 Å². The predicted molar refractivity (Wildman–Crippen MR) is 93.5 cm³/mol. The van der Waals surface area contributed by atoms with Crippen molar-refractivity contribution < 1.29 is 9.53 Å². The molecule has 2 aromatic rings. The lowest BCUT2D eigenvalue weighted by molar-refractivity contribution is -0.122. The molecule has 1 atom stereocenters. The Morgan fingerprint density at radius 3 is 2.96 bits per heavy atom. The third-order valence-electron chi connectivity index (χ3n) is 4.20. The van der Waals surface area contributed by atoms with Crippen LogP contribution in [0.25, 0.3) is 0 Å². The van der Waals surface area contributed by atoms with Crippen LogP contribution < -0.4 is 10.1 Å². The summed E-state index contributed by atoms with van der Waals surface area (Å²) in [6.07, 6.45) is 4.42. The van der Waals surface area contributed by atoms with Crippen molar-refractivity contribution in [2.75, 3.05) is 6.61 Å². The smallest absolute Gasteiger partial charge is 0.240 e. The van der Waals surface area contributed by atoms with Gasteiger partial charge in [-0.2, -0.15) is 0 Å². The molecular weight excluding hydrogens is 326 g/mol. The van der Waals surface area contributed by atoms with Crippen molar-refractivity contribution in [1.82, 2.24) is 14.9 Å². The van der Waals surface area contributed by atoms with Gasteiger partial charge in [-0.15, -0.1) is 0 Å². The fraction of sp³-hybridized carbons (Fsp3) is 0.444. The van der Waals surface area contributed by atoms with E-state index in [-0.39, 0.29) is 24.4 Å². The van der Waals surface area contributed by atoms with E-state index in [0.717, 1.165) is 29.1 Å². The van der Waals surface area contributed by atoms with Crippen LogP contribution in [0.15, 0.2) is 24.5 Å². The standard InChI is InChI=1S/C18H22ClN3O2/c1-11(2)18-20-5-6-22(18)10-16(23)21-12(3)15-9-14(19)8-13-4-7-24-17(13)15/h5-6,8-9,11-12H,4,7,10H2,1-3H3,(H,21,23). The first kappa shape index (κ1) is 16.8. The SMILES string of the molecule is CC(C)c1nccn1CC(=O)NC(C)c1cc(Cl)cc2c1OCC2. The molecule has 0 saturated carbocycles. The Labute approximate surface area is 147 Å². The fourth-order valence-electron chi connectivity index (χ4n) is 3.09. The van der Waals surface area contributed by atoms with Crippen molar-refractivity contribution in [2.45, 2.75) is 45.7 Å². The molecule has 0 bridgehead atoms. The van der Waals surface area contributed by atoms with E-state index < -0.39 is 0 Å². The number of halogens is 1.